The highest BCUT2D eigenvalue weighted by molar-refractivity contribution is 9.10. The monoisotopic (exact) mass is 352 g/mol. The van der Waals surface area contributed by atoms with Gasteiger partial charge in [-0.1, -0.05) is 31.1 Å². The summed E-state index contributed by atoms with van der Waals surface area (Å²) in [5.41, 5.74) is 8.19. The third kappa shape index (κ3) is 2.60. The zero-order valence-electron chi connectivity index (χ0n) is 11.6. The van der Waals surface area contributed by atoms with Gasteiger partial charge in [-0.2, -0.15) is 0 Å². The highest BCUT2D eigenvalue weighted by atomic mass is 79.9. The van der Waals surface area contributed by atoms with Crippen molar-refractivity contribution in [1.82, 2.24) is 0 Å². The maximum atomic E-state index is 5.96. The molecule has 1 aliphatic heterocycles. The first-order valence-electron chi connectivity index (χ1n) is 7.53. The number of halogens is 1. The number of nitrogens with two attached hydrogens (primary N) is 1. The van der Waals surface area contributed by atoms with Gasteiger partial charge in [0.05, 0.1) is 0 Å². The van der Waals surface area contributed by atoms with Gasteiger partial charge in [-0.25, -0.2) is 0 Å². The Morgan fingerprint density at radius 2 is 1.95 bits per heavy atom. The Labute approximate surface area is 134 Å². The number of nitrogens with zero attached hydrogens (tertiary/aromatic N) is 1. The van der Waals surface area contributed by atoms with Crippen LogP contribution in [0.3, 0.4) is 0 Å². The van der Waals surface area contributed by atoms with E-state index >= 15 is 0 Å². The topological polar surface area (TPSA) is 29.3 Å². The van der Waals surface area contributed by atoms with E-state index in [1.807, 2.05) is 6.07 Å². The van der Waals surface area contributed by atoms with Crippen LogP contribution in [-0.4, -0.2) is 17.6 Å². The van der Waals surface area contributed by atoms with E-state index in [-0.39, 0.29) is 0 Å². The van der Waals surface area contributed by atoms with Crippen LogP contribution in [0, 0.1) is 5.92 Å². The van der Waals surface area contributed by atoms with E-state index in [1.54, 1.807) is 0 Å². The number of hydrogen-bond acceptors (Lipinski definition) is 2. The smallest absolute Gasteiger partial charge is 0.107 e. The van der Waals surface area contributed by atoms with Crippen LogP contribution in [0.25, 0.3) is 0 Å². The van der Waals surface area contributed by atoms with Crippen molar-refractivity contribution in [2.24, 2.45) is 11.7 Å². The van der Waals surface area contributed by atoms with Gasteiger partial charge in [-0.3, -0.25) is 0 Å². The average Bonchev–Trinajstić information content (AvgIpc) is 3.08. The fourth-order valence-electron chi connectivity index (χ4n) is 3.92. The van der Waals surface area contributed by atoms with Gasteiger partial charge in [-0.05, 0) is 59.7 Å². The molecule has 1 unspecified atom stereocenters. The minimum atomic E-state index is 0.490. The number of benzene rings is 1. The molecule has 0 aromatic heterocycles. The lowest BCUT2D eigenvalue weighted by atomic mass is 9.95. The number of thiocarbonyl (C=S) groups is 1. The number of anilines is 1. The van der Waals surface area contributed by atoms with E-state index < -0.39 is 0 Å². The summed E-state index contributed by atoms with van der Waals surface area (Å²) < 4.78 is 1.01. The van der Waals surface area contributed by atoms with Crippen molar-refractivity contribution in [3.63, 3.8) is 0 Å². The second kappa shape index (κ2) is 6.02. The summed E-state index contributed by atoms with van der Waals surface area (Å²) in [4.78, 5) is 3.06. The van der Waals surface area contributed by atoms with Gasteiger partial charge in [0.15, 0.2) is 0 Å². The normalized spacial score (nSPS) is 23.4. The molecule has 2 aliphatic rings. The molecule has 20 heavy (non-hydrogen) atoms. The highest BCUT2D eigenvalue weighted by Gasteiger charge is 2.34. The second-order valence-electron chi connectivity index (χ2n) is 5.95. The van der Waals surface area contributed by atoms with Gasteiger partial charge in [0.2, 0.25) is 0 Å². The quantitative estimate of drug-likeness (QED) is 0.824. The van der Waals surface area contributed by atoms with E-state index in [1.165, 1.54) is 44.2 Å². The molecule has 2 N–H and O–H groups in total. The Morgan fingerprint density at radius 3 is 2.65 bits per heavy atom. The van der Waals surface area contributed by atoms with E-state index in [4.69, 9.17) is 18.0 Å². The van der Waals surface area contributed by atoms with Gasteiger partial charge in [0, 0.05) is 28.3 Å². The van der Waals surface area contributed by atoms with Gasteiger partial charge in [0.1, 0.15) is 4.99 Å². The molecule has 108 valence electrons. The highest BCUT2D eigenvalue weighted by Crippen LogP contribution is 2.40. The van der Waals surface area contributed by atoms with Gasteiger partial charge in [-0.15, -0.1) is 0 Å². The second-order valence-corrected chi connectivity index (χ2v) is 7.24. The third-order valence-corrected chi connectivity index (χ3v) is 5.66. The molecule has 0 amide bonds. The Morgan fingerprint density at radius 1 is 1.20 bits per heavy atom. The van der Waals surface area contributed by atoms with E-state index in [9.17, 15) is 0 Å². The predicted octanol–water partition coefficient (Wildman–Crippen LogP) is 4.24. The lowest BCUT2D eigenvalue weighted by molar-refractivity contribution is 0.430. The summed E-state index contributed by atoms with van der Waals surface area (Å²) in [6.07, 6.45) is 8.17. The average molecular weight is 353 g/mol. The van der Waals surface area contributed by atoms with Crippen LogP contribution in [0.2, 0.25) is 0 Å². The Hall–Kier alpha value is -0.610. The molecular weight excluding hydrogens is 332 g/mol. The Kier molecular flexibility index (Phi) is 4.32. The minimum Gasteiger partial charge on any atom is -0.389 e. The van der Waals surface area contributed by atoms with Crippen molar-refractivity contribution in [3.05, 3.63) is 28.2 Å². The molecule has 1 aliphatic carbocycles. The summed E-state index contributed by atoms with van der Waals surface area (Å²) in [6.45, 7) is 1.13. The zero-order chi connectivity index (χ0) is 14.1. The first kappa shape index (κ1) is 14.3. The third-order valence-electron chi connectivity index (χ3n) is 4.79. The lowest BCUT2D eigenvalue weighted by Gasteiger charge is -2.33. The van der Waals surface area contributed by atoms with Crippen molar-refractivity contribution in [2.75, 3.05) is 11.4 Å². The Balaban J connectivity index is 1.95. The predicted molar refractivity (Wildman–Crippen MR) is 92.4 cm³/mol. The lowest BCUT2D eigenvalue weighted by Crippen LogP contribution is -2.36. The van der Waals surface area contributed by atoms with Crippen LogP contribution in [0.4, 0.5) is 5.69 Å². The van der Waals surface area contributed by atoms with E-state index in [2.05, 4.69) is 33.0 Å². The van der Waals surface area contributed by atoms with E-state index in [0.29, 0.717) is 11.0 Å². The van der Waals surface area contributed by atoms with Crippen molar-refractivity contribution in [3.8, 4) is 0 Å². The van der Waals surface area contributed by atoms with Crippen LogP contribution in [0.15, 0.2) is 22.7 Å². The van der Waals surface area contributed by atoms with Crippen molar-refractivity contribution in [2.45, 2.75) is 44.6 Å². The molecule has 3 rings (SSSR count). The molecule has 1 aromatic carbocycles. The minimum absolute atomic E-state index is 0.490. The van der Waals surface area contributed by atoms with Crippen LogP contribution in [0.5, 0.6) is 0 Å². The zero-order valence-corrected chi connectivity index (χ0v) is 14.0. The fourth-order valence-corrected chi connectivity index (χ4v) is 4.83. The maximum absolute atomic E-state index is 5.96. The fraction of sp³-hybridized carbons (Fsp3) is 0.562. The van der Waals surface area contributed by atoms with Gasteiger partial charge >= 0.3 is 0 Å². The molecule has 1 saturated carbocycles. The summed E-state index contributed by atoms with van der Waals surface area (Å²) in [5, 5.41) is 0. The summed E-state index contributed by atoms with van der Waals surface area (Å²) in [6, 6.07) is 6.97. The number of rotatable bonds is 3. The molecule has 2 nitrogen and oxygen atoms in total. The molecule has 1 saturated heterocycles. The van der Waals surface area contributed by atoms with Crippen molar-refractivity contribution in [1.29, 1.82) is 0 Å². The van der Waals surface area contributed by atoms with Crippen molar-refractivity contribution >= 4 is 38.8 Å². The van der Waals surface area contributed by atoms with Crippen LogP contribution < -0.4 is 10.6 Å². The first-order valence-corrected chi connectivity index (χ1v) is 8.73. The molecule has 1 heterocycles. The summed E-state index contributed by atoms with van der Waals surface area (Å²) in [5.74, 6) is 0.857. The largest absolute Gasteiger partial charge is 0.389 e. The molecule has 2 fully saturated rings. The van der Waals surface area contributed by atoms with Crippen LogP contribution in [-0.2, 0) is 0 Å². The maximum Gasteiger partial charge on any atom is 0.107 e. The molecule has 0 bridgehead atoms. The van der Waals surface area contributed by atoms with Gasteiger partial charge in [0.25, 0.3) is 0 Å². The molecule has 1 atom stereocenters. The molecular formula is C16H21BrN2S. The van der Waals surface area contributed by atoms with Crippen LogP contribution >= 0.6 is 28.1 Å². The van der Waals surface area contributed by atoms with Crippen molar-refractivity contribution < 1.29 is 0 Å². The van der Waals surface area contributed by atoms with Gasteiger partial charge < -0.3 is 10.6 Å². The van der Waals surface area contributed by atoms with Crippen LogP contribution in [0.1, 0.15) is 44.1 Å². The molecule has 0 spiro atoms. The van der Waals surface area contributed by atoms with E-state index in [0.717, 1.165) is 22.5 Å². The molecule has 0 radical (unpaired) electrons. The standard InChI is InChI=1S/C16H21BrN2S/c17-12-7-3-8-14(15(12)16(18)20)19-10-4-9-13(19)11-5-1-2-6-11/h3,7-8,11,13H,1-2,4-6,9-10H2,(H2,18,20). The first-order chi connectivity index (χ1) is 9.68. The summed E-state index contributed by atoms with van der Waals surface area (Å²) in [7, 11) is 0. The summed E-state index contributed by atoms with van der Waals surface area (Å²) >= 11 is 8.87. The molecule has 4 heteroatoms. The number of hydrogen-bond donors (Lipinski definition) is 1. The Bertz CT molecular complexity index is 511. The molecule has 1 aromatic rings. The SMILES string of the molecule is NC(=S)c1c(Br)cccc1N1CCCC1C1CCCC1.